The second-order valence-corrected chi connectivity index (χ2v) is 12.1. The maximum Gasteiger partial charge on any atom is 0.0540 e. The molecule has 192 valence electrons. The summed E-state index contributed by atoms with van der Waals surface area (Å²) < 4.78 is 0. The summed E-state index contributed by atoms with van der Waals surface area (Å²) in [6.07, 6.45) is 0. The van der Waals surface area contributed by atoms with E-state index in [1.54, 1.807) is 0 Å². The first kappa shape index (κ1) is 25.6. The molecule has 2 nitrogen and oxygen atoms in total. The van der Waals surface area contributed by atoms with Crippen LogP contribution in [0.3, 0.4) is 0 Å². The van der Waals surface area contributed by atoms with Gasteiger partial charge in [-0.15, -0.1) is 0 Å². The zero-order valence-corrected chi connectivity index (χ0v) is 23.4. The lowest BCUT2D eigenvalue weighted by atomic mass is 9.87. The summed E-state index contributed by atoms with van der Waals surface area (Å²) in [6, 6.07) is 41.6. The van der Waals surface area contributed by atoms with Gasteiger partial charge in [0.15, 0.2) is 0 Å². The number of hydrogen-bond donors (Lipinski definition) is 1. The minimum absolute atomic E-state index is 0.106. The predicted molar refractivity (Wildman–Crippen MR) is 166 cm³/mol. The molecule has 0 amide bonds. The third-order valence-electron chi connectivity index (χ3n) is 7.14. The largest absolute Gasteiger partial charge is 0.355 e. The van der Waals surface area contributed by atoms with E-state index in [1.165, 1.54) is 27.6 Å². The van der Waals surface area contributed by atoms with E-state index in [9.17, 15) is 0 Å². The molecule has 0 saturated carbocycles. The van der Waals surface area contributed by atoms with Crippen LogP contribution >= 0.6 is 0 Å². The molecular formula is C36H38N2. The Morgan fingerprint density at radius 2 is 1.08 bits per heavy atom. The van der Waals surface area contributed by atoms with Gasteiger partial charge in [-0.1, -0.05) is 108 Å². The van der Waals surface area contributed by atoms with Gasteiger partial charge in [-0.2, -0.15) is 0 Å². The molecule has 0 spiro atoms. The Morgan fingerprint density at radius 3 is 1.74 bits per heavy atom. The molecule has 0 aliphatic rings. The smallest absolute Gasteiger partial charge is 0.0540 e. The van der Waals surface area contributed by atoms with Crippen LogP contribution in [0.15, 0.2) is 115 Å². The predicted octanol–water partition coefficient (Wildman–Crippen LogP) is 10.6. The molecule has 5 aromatic carbocycles. The standard InChI is InChI=1S/C36H38N2/c1-35(2,3)27-17-21-29(22-18-27)37-30-13-10-14-32(25-30)38(31-23-19-28(20-24-31)36(4,5)6)34-16-9-12-26-11-7-8-15-33(26)34/h7-25,37H,1-6H3. The number of nitrogens with one attached hydrogen (secondary N) is 1. The molecule has 1 N–H and O–H groups in total. The summed E-state index contributed by atoms with van der Waals surface area (Å²) in [5.74, 6) is 0. The first-order valence-electron chi connectivity index (χ1n) is 13.5. The fourth-order valence-electron chi connectivity index (χ4n) is 4.88. The van der Waals surface area contributed by atoms with Crippen molar-refractivity contribution < 1.29 is 0 Å². The van der Waals surface area contributed by atoms with Crippen LogP contribution in [0.4, 0.5) is 28.4 Å². The van der Waals surface area contributed by atoms with E-state index >= 15 is 0 Å². The molecule has 38 heavy (non-hydrogen) atoms. The molecule has 0 radical (unpaired) electrons. The van der Waals surface area contributed by atoms with Crippen molar-refractivity contribution >= 4 is 39.2 Å². The Morgan fingerprint density at radius 1 is 0.500 bits per heavy atom. The molecule has 0 aliphatic heterocycles. The minimum Gasteiger partial charge on any atom is -0.355 e. The number of nitrogens with zero attached hydrogens (tertiary/aromatic N) is 1. The van der Waals surface area contributed by atoms with Crippen molar-refractivity contribution in [1.29, 1.82) is 0 Å². The molecule has 5 rings (SSSR count). The number of fused-ring (bicyclic) bond motifs is 1. The Balaban J connectivity index is 1.57. The molecule has 0 aliphatic carbocycles. The lowest BCUT2D eigenvalue weighted by Crippen LogP contribution is -2.13. The topological polar surface area (TPSA) is 15.3 Å². The van der Waals surface area contributed by atoms with Gasteiger partial charge in [0.1, 0.15) is 0 Å². The Bertz CT molecular complexity index is 1530. The summed E-state index contributed by atoms with van der Waals surface area (Å²) in [5, 5.41) is 6.08. The van der Waals surface area contributed by atoms with Crippen LogP contribution in [0.1, 0.15) is 52.7 Å². The van der Waals surface area contributed by atoms with Crippen LogP contribution in [0.5, 0.6) is 0 Å². The molecule has 0 unspecified atom stereocenters. The van der Waals surface area contributed by atoms with E-state index in [0.717, 1.165) is 22.7 Å². The highest BCUT2D eigenvalue weighted by Crippen LogP contribution is 2.40. The molecule has 0 fully saturated rings. The Hall–Kier alpha value is -4.04. The Labute approximate surface area is 228 Å². The van der Waals surface area contributed by atoms with Crippen molar-refractivity contribution in [3.05, 3.63) is 126 Å². The van der Waals surface area contributed by atoms with Gasteiger partial charge in [0.25, 0.3) is 0 Å². The SMILES string of the molecule is CC(C)(C)c1ccc(Nc2cccc(N(c3ccc(C(C)(C)C)cc3)c3cccc4ccccc34)c2)cc1. The second kappa shape index (κ2) is 10.0. The Kier molecular flexibility index (Phi) is 6.75. The molecule has 0 atom stereocenters. The van der Waals surface area contributed by atoms with E-state index in [4.69, 9.17) is 0 Å². The highest BCUT2D eigenvalue weighted by Gasteiger charge is 2.18. The van der Waals surface area contributed by atoms with Gasteiger partial charge in [-0.25, -0.2) is 0 Å². The van der Waals surface area contributed by atoms with Crippen LogP contribution in [0.25, 0.3) is 10.8 Å². The van der Waals surface area contributed by atoms with Crippen molar-refractivity contribution in [3.63, 3.8) is 0 Å². The van der Waals surface area contributed by atoms with Crippen molar-refractivity contribution in [3.8, 4) is 0 Å². The minimum atomic E-state index is 0.106. The number of benzene rings is 5. The summed E-state index contributed by atoms with van der Waals surface area (Å²) >= 11 is 0. The molecule has 0 bridgehead atoms. The fourth-order valence-corrected chi connectivity index (χ4v) is 4.88. The van der Waals surface area contributed by atoms with E-state index in [1.807, 2.05) is 0 Å². The molecule has 5 aromatic rings. The van der Waals surface area contributed by atoms with Crippen LogP contribution in [-0.4, -0.2) is 0 Å². The summed E-state index contributed by atoms with van der Waals surface area (Å²) in [6.45, 7) is 13.5. The van der Waals surface area contributed by atoms with Crippen LogP contribution in [0, 0.1) is 0 Å². The average molecular weight is 499 g/mol. The van der Waals surface area contributed by atoms with Crippen molar-refractivity contribution in [1.82, 2.24) is 0 Å². The van der Waals surface area contributed by atoms with Gasteiger partial charge >= 0.3 is 0 Å². The third-order valence-corrected chi connectivity index (χ3v) is 7.14. The number of anilines is 5. The first-order chi connectivity index (χ1) is 18.1. The van der Waals surface area contributed by atoms with Gasteiger partial charge < -0.3 is 10.2 Å². The van der Waals surface area contributed by atoms with E-state index < -0.39 is 0 Å². The maximum atomic E-state index is 3.62. The molecular weight excluding hydrogens is 460 g/mol. The summed E-state index contributed by atoms with van der Waals surface area (Å²) in [4.78, 5) is 2.36. The van der Waals surface area contributed by atoms with Crippen molar-refractivity contribution in [2.45, 2.75) is 52.4 Å². The highest BCUT2D eigenvalue weighted by atomic mass is 15.1. The molecule has 0 aromatic heterocycles. The lowest BCUT2D eigenvalue weighted by molar-refractivity contribution is 0.590. The third kappa shape index (κ3) is 5.45. The monoisotopic (exact) mass is 498 g/mol. The summed E-state index contributed by atoms with van der Waals surface area (Å²) in [7, 11) is 0. The average Bonchev–Trinajstić information content (AvgIpc) is 2.89. The number of hydrogen-bond acceptors (Lipinski definition) is 2. The van der Waals surface area contributed by atoms with Gasteiger partial charge in [0.2, 0.25) is 0 Å². The van der Waals surface area contributed by atoms with Crippen LogP contribution in [0.2, 0.25) is 0 Å². The quantitative estimate of drug-likeness (QED) is 0.259. The van der Waals surface area contributed by atoms with E-state index in [-0.39, 0.29) is 10.8 Å². The normalized spacial score (nSPS) is 11.9. The highest BCUT2D eigenvalue weighted by molar-refractivity contribution is 5.99. The van der Waals surface area contributed by atoms with E-state index in [0.29, 0.717) is 0 Å². The lowest BCUT2D eigenvalue weighted by Gasteiger charge is -2.28. The fraction of sp³-hybridized carbons (Fsp3) is 0.222. The second-order valence-electron chi connectivity index (χ2n) is 12.1. The first-order valence-corrected chi connectivity index (χ1v) is 13.5. The molecule has 2 heteroatoms. The molecule has 0 saturated heterocycles. The maximum absolute atomic E-state index is 3.62. The van der Waals surface area contributed by atoms with Gasteiger partial charge in [-0.05, 0) is 75.9 Å². The van der Waals surface area contributed by atoms with Crippen LogP contribution < -0.4 is 10.2 Å². The van der Waals surface area contributed by atoms with E-state index in [2.05, 4.69) is 167 Å². The zero-order valence-electron chi connectivity index (χ0n) is 23.4. The number of rotatable bonds is 5. The van der Waals surface area contributed by atoms with Gasteiger partial charge in [-0.3, -0.25) is 0 Å². The zero-order chi connectivity index (χ0) is 26.9. The van der Waals surface area contributed by atoms with Crippen molar-refractivity contribution in [2.75, 3.05) is 10.2 Å². The van der Waals surface area contributed by atoms with Gasteiger partial charge in [0.05, 0.1) is 5.69 Å². The molecule has 0 heterocycles. The van der Waals surface area contributed by atoms with Crippen LogP contribution in [-0.2, 0) is 10.8 Å². The van der Waals surface area contributed by atoms with Gasteiger partial charge in [0, 0.05) is 28.1 Å². The van der Waals surface area contributed by atoms with Crippen molar-refractivity contribution in [2.24, 2.45) is 0 Å². The summed E-state index contributed by atoms with van der Waals surface area (Å²) in [5.41, 5.74) is 8.46.